The van der Waals surface area contributed by atoms with Crippen molar-refractivity contribution in [3.63, 3.8) is 0 Å². The van der Waals surface area contributed by atoms with Crippen LogP contribution in [0.1, 0.15) is 30.5 Å². The Morgan fingerprint density at radius 2 is 2.00 bits per heavy atom. The van der Waals surface area contributed by atoms with Crippen molar-refractivity contribution in [2.24, 2.45) is 0 Å². The lowest BCUT2D eigenvalue weighted by Crippen LogP contribution is -2.55. The third-order valence-corrected chi connectivity index (χ3v) is 6.12. The van der Waals surface area contributed by atoms with E-state index in [-0.39, 0.29) is 44.3 Å². The molecule has 0 aromatic carbocycles. The summed E-state index contributed by atoms with van der Waals surface area (Å²) in [4.78, 5) is 23.9. The van der Waals surface area contributed by atoms with E-state index in [1.54, 1.807) is 17.9 Å². The van der Waals surface area contributed by atoms with Crippen LogP contribution < -0.4 is 5.32 Å². The van der Waals surface area contributed by atoms with E-state index >= 15 is 0 Å². The minimum atomic E-state index is -2.98. The van der Waals surface area contributed by atoms with Crippen LogP contribution in [-0.4, -0.2) is 74.8 Å². The number of nitrogens with one attached hydrogen (secondary N) is 1. The molecule has 2 fully saturated rings. The number of rotatable bonds is 6. The molecule has 4 heterocycles. The Bertz CT molecular complexity index is 997. The number of carbonyl (C=O) groups is 1. The molecule has 0 saturated carbocycles. The molecule has 2 aromatic heterocycles. The van der Waals surface area contributed by atoms with Crippen LogP contribution in [0.15, 0.2) is 36.7 Å². The Labute approximate surface area is 188 Å². The molecule has 4 rings (SSSR count). The number of halogens is 4. The first kappa shape index (κ1) is 23.4. The number of amides is 1. The van der Waals surface area contributed by atoms with E-state index in [0.29, 0.717) is 11.3 Å². The summed E-state index contributed by atoms with van der Waals surface area (Å²) < 4.78 is 55.9. The maximum atomic E-state index is 14.9. The zero-order valence-corrected chi connectivity index (χ0v) is 18.0. The number of alkyl halides is 4. The monoisotopic (exact) mass is 467 g/mol. The van der Waals surface area contributed by atoms with E-state index in [2.05, 4.69) is 15.3 Å². The van der Waals surface area contributed by atoms with Crippen LogP contribution in [-0.2, 0) is 11.3 Å². The van der Waals surface area contributed by atoms with Crippen molar-refractivity contribution in [3.05, 3.63) is 47.9 Å². The van der Waals surface area contributed by atoms with Gasteiger partial charge in [0.25, 0.3) is 11.8 Å². The second kappa shape index (κ2) is 8.86. The fourth-order valence-corrected chi connectivity index (χ4v) is 4.23. The van der Waals surface area contributed by atoms with E-state index in [4.69, 9.17) is 0 Å². The number of likely N-dealkylation sites (tertiary alicyclic amines) is 2. The molecular formula is C22H25F4N5O2. The van der Waals surface area contributed by atoms with Crippen molar-refractivity contribution in [3.8, 4) is 5.75 Å². The summed E-state index contributed by atoms with van der Waals surface area (Å²) in [7, 11) is 0. The van der Waals surface area contributed by atoms with Crippen LogP contribution in [0.5, 0.6) is 5.75 Å². The Kier molecular flexibility index (Phi) is 6.28. The molecule has 2 aliphatic heterocycles. The molecule has 178 valence electrons. The van der Waals surface area contributed by atoms with Crippen LogP contribution in [0, 0.1) is 0 Å². The summed E-state index contributed by atoms with van der Waals surface area (Å²) in [5.41, 5.74) is 0.829. The maximum absolute atomic E-state index is 14.9. The minimum Gasteiger partial charge on any atom is -0.506 e. The predicted octanol–water partition coefficient (Wildman–Crippen LogP) is 3.08. The first-order valence-corrected chi connectivity index (χ1v) is 10.7. The largest absolute Gasteiger partial charge is 0.506 e. The van der Waals surface area contributed by atoms with Gasteiger partial charge in [0.2, 0.25) is 5.91 Å². The number of aromatic nitrogens is 2. The Hall–Kier alpha value is -2.79. The van der Waals surface area contributed by atoms with Crippen molar-refractivity contribution >= 4 is 11.7 Å². The fourth-order valence-electron chi connectivity index (χ4n) is 4.23. The highest BCUT2D eigenvalue weighted by atomic mass is 19.3. The Morgan fingerprint density at radius 1 is 1.24 bits per heavy atom. The summed E-state index contributed by atoms with van der Waals surface area (Å²) in [5.74, 6) is -7.03. The highest BCUT2D eigenvalue weighted by molar-refractivity contribution is 5.93. The van der Waals surface area contributed by atoms with Crippen LogP contribution in [0.4, 0.5) is 23.4 Å². The second-order valence-corrected chi connectivity index (χ2v) is 8.71. The number of hydrogen-bond acceptors (Lipinski definition) is 6. The third kappa shape index (κ3) is 5.41. The average molecular weight is 467 g/mol. The van der Waals surface area contributed by atoms with Gasteiger partial charge in [0.15, 0.2) is 0 Å². The van der Waals surface area contributed by atoms with Gasteiger partial charge in [-0.3, -0.25) is 19.6 Å². The zero-order valence-electron chi connectivity index (χ0n) is 18.0. The van der Waals surface area contributed by atoms with Gasteiger partial charge in [0.1, 0.15) is 11.6 Å². The molecule has 2 N–H and O–H groups in total. The van der Waals surface area contributed by atoms with Gasteiger partial charge in [-0.15, -0.1) is 0 Å². The van der Waals surface area contributed by atoms with Crippen LogP contribution in [0.25, 0.3) is 0 Å². The normalized spacial score (nSPS) is 23.5. The number of aromatic hydroxyl groups is 1. The summed E-state index contributed by atoms with van der Waals surface area (Å²) in [5, 5.41) is 11.9. The smallest absolute Gasteiger partial charge is 0.272 e. The van der Waals surface area contributed by atoms with Crippen LogP contribution in [0.2, 0.25) is 0 Å². The molecule has 0 bridgehead atoms. The van der Waals surface area contributed by atoms with E-state index in [1.165, 1.54) is 35.5 Å². The fraction of sp³-hybridized carbons (Fsp3) is 0.500. The number of hydrogen-bond donors (Lipinski definition) is 2. The molecular weight excluding hydrogens is 442 g/mol. The molecule has 33 heavy (non-hydrogen) atoms. The van der Waals surface area contributed by atoms with Gasteiger partial charge in [0.05, 0.1) is 36.9 Å². The Balaban J connectivity index is 1.44. The lowest BCUT2D eigenvalue weighted by Gasteiger charge is -2.41. The minimum absolute atomic E-state index is 0.0401. The van der Waals surface area contributed by atoms with Gasteiger partial charge in [-0.1, -0.05) is 0 Å². The summed E-state index contributed by atoms with van der Waals surface area (Å²) in [6.45, 7) is 1.07. The third-order valence-electron chi connectivity index (χ3n) is 6.12. The number of nitrogens with zero attached hydrogens (tertiary/aromatic N) is 4. The molecule has 1 amide bonds. The molecule has 1 unspecified atom stereocenters. The standard InChI is InChI=1S/C22H25F4N5O2/c1-14(20(33)29-19-3-2-17(32)9-28-19)31-7-5-22(25,26)18(11-31)15-4-6-27-16(8-15)10-30-12-21(23,24)13-30/h2-4,6,8-9,14,18,32H,5,7,10-13H2,1H3,(H,28,29,33)/t14-,18?/m0/s1. The Morgan fingerprint density at radius 3 is 2.67 bits per heavy atom. The number of pyridine rings is 2. The number of carbonyl (C=O) groups excluding carboxylic acids is 1. The maximum Gasteiger partial charge on any atom is 0.272 e. The van der Waals surface area contributed by atoms with Gasteiger partial charge < -0.3 is 10.4 Å². The summed E-state index contributed by atoms with van der Waals surface area (Å²) >= 11 is 0. The lowest BCUT2D eigenvalue weighted by atomic mass is 9.86. The molecule has 0 spiro atoms. The van der Waals surface area contributed by atoms with E-state index in [9.17, 15) is 27.5 Å². The van der Waals surface area contributed by atoms with Crippen molar-refractivity contribution < 1.29 is 27.5 Å². The topological polar surface area (TPSA) is 81.6 Å². The van der Waals surface area contributed by atoms with Crippen molar-refractivity contribution in [2.75, 3.05) is 31.5 Å². The van der Waals surface area contributed by atoms with Gasteiger partial charge in [0, 0.05) is 32.3 Å². The lowest BCUT2D eigenvalue weighted by molar-refractivity contribution is -0.134. The van der Waals surface area contributed by atoms with E-state index < -0.39 is 36.1 Å². The van der Waals surface area contributed by atoms with Gasteiger partial charge in [-0.25, -0.2) is 22.5 Å². The molecule has 2 saturated heterocycles. The van der Waals surface area contributed by atoms with Crippen LogP contribution >= 0.6 is 0 Å². The summed E-state index contributed by atoms with van der Waals surface area (Å²) in [6, 6.07) is 5.20. The number of piperidine rings is 1. The van der Waals surface area contributed by atoms with Gasteiger partial charge in [-0.05, 0) is 36.8 Å². The molecule has 2 aliphatic rings. The predicted molar refractivity (Wildman–Crippen MR) is 112 cm³/mol. The zero-order chi connectivity index (χ0) is 23.8. The quantitative estimate of drug-likeness (QED) is 0.636. The first-order valence-electron chi connectivity index (χ1n) is 10.7. The molecule has 0 radical (unpaired) electrons. The highest BCUT2D eigenvalue weighted by Crippen LogP contribution is 2.41. The van der Waals surface area contributed by atoms with Crippen molar-refractivity contribution in [2.45, 2.75) is 43.7 Å². The SMILES string of the molecule is C[C@@H](C(=O)Nc1ccc(O)cn1)N1CCC(F)(F)C(c2ccnc(CN3CC(F)(F)C3)c2)C1. The molecule has 11 heteroatoms. The first-order chi connectivity index (χ1) is 15.5. The molecule has 2 aromatic rings. The van der Waals surface area contributed by atoms with Crippen molar-refractivity contribution in [1.29, 1.82) is 0 Å². The van der Waals surface area contributed by atoms with E-state index in [1.807, 2.05) is 0 Å². The van der Waals surface area contributed by atoms with Gasteiger partial charge in [-0.2, -0.15) is 0 Å². The van der Waals surface area contributed by atoms with Crippen molar-refractivity contribution in [1.82, 2.24) is 19.8 Å². The summed E-state index contributed by atoms with van der Waals surface area (Å²) in [6.07, 6.45) is 2.20. The second-order valence-electron chi connectivity index (χ2n) is 8.71. The average Bonchev–Trinajstić information content (AvgIpc) is 2.73. The molecule has 0 aliphatic carbocycles. The highest BCUT2D eigenvalue weighted by Gasteiger charge is 2.47. The van der Waals surface area contributed by atoms with E-state index in [0.717, 1.165) is 0 Å². The van der Waals surface area contributed by atoms with Gasteiger partial charge >= 0.3 is 0 Å². The van der Waals surface area contributed by atoms with Crippen LogP contribution in [0.3, 0.4) is 0 Å². The molecule has 7 nitrogen and oxygen atoms in total. The number of anilines is 1. The molecule has 2 atom stereocenters.